The lowest BCUT2D eigenvalue weighted by molar-refractivity contribution is -0.139. The molecular formula is C17H22F3N3O. The van der Waals surface area contributed by atoms with Gasteiger partial charge in [-0.05, 0) is 37.8 Å². The van der Waals surface area contributed by atoms with Gasteiger partial charge < -0.3 is 9.80 Å². The van der Waals surface area contributed by atoms with Crippen LogP contribution >= 0.6 is 0 Å². The van der Waals surface area contributed by atoms with Gasteiger partial charge in [0.05, 0.1) is 5.56 Å². The topological polar surface area (TPSA) is 36.4 Å². The van der Waals surface area contributed by atoms with Gasteiger partial charge in [0.2, 0.25) is 5.91 Å². The Labute approximate surface area is 139 Å². The molecule has 2 heterocycles. The maximum atomic E-state index is 13.2. The molecule has 1 saturated heterocycles. The van der Waals surface area contributed by atoms with E-state index in [-0.39, 0.29) is 23.7 Å². The average molecular weight is 341 g/mol. The molecule has 0 radical (unpaired) electrons. The fourth-order valence-corrected chi connectivity index (χ4v) is 3.46. The molecule has 0 bridgehead atoms. The van der Waals surface area contributed by atoms with Crippen LogP contribution in [0.15, 0.2) is 18.3 Å². The van der Waals surface area contributed by atoms with E-state index in [1.165, 1.54) is 12.3 Å². The zero-order valence-corrected chi connectivity index (χ0v) is 13.7. The monoisotopic (exact) mass is 341 g/mol. The second-order valence-corrected chi connectivity index (χ2v) is 6.69. The van der Waals surface area contributed by atoms with Crippen LogP contribution in [0.25, 0.3) is 0 Å². The van der Waals surface area contributed by atoms with Gasteiger partial charge in [0.25, 0.3) is 0 Å². The molecule has 0 aromatic carbocycles. The number of nitrogens with zero attached hydrogens (tertiary/aromatic N) is 3. The van der Waals surface area contributed by atoms with E-state index in [1.807, 2.05) is 0 Å². The third-order valence-corrected chi connectivity index (χ3v) is 5.14. The summed E-state index contributed by atoms with van der Waals surface area (Å²) in [6, 6.07) is 2.31. The summed E-state index contributed by atoms with van der Waals surface area (Å²) in [6.45, 7) is 0.928. The van der Waals surface area contributed by atoms with E-state index >= 15 is 0 Å². The third kappa shape index (κ3) is 3.35. The molecule has 3 rings (SSSR count). The number of hydrogen-bond donors (Lipinski definition) is 0. The Morgan fingerprint density at radius 1 is 1.29 bits per heavy atom. The lowest BCUT2D eigenvalue weighted by Gasteiger charge is -2.41. The molecule has 1 aromatic rings. The Morgan fingerprint density at radius 2 is 2.04 bits per heavy atom. The lowest BCUT2D eigenvalue weighted by Crippen LogP contribution is -2.51. The summed E-state index contributed by atoms with van der Waals surface area (Å²) in [6.07, 6.45) is 1.47. The smallest absolute Gasteiger partial charge is 0.354 e. The number of rotatable bonds is 3. The van der Waals surface area contributed by atoms with Crippen LogP contribution in [0.1, 0.15) is 37.7 Å². The zero-order chi connectivity index (χ0) is 17.3. The number of alkyl halides is 3. The number of carbonyl (C=O) groups is 1. The number of anilines is 1. The molecule has 132 valence electrons. The maximum Gasteiger partial charge on any atom is 0.419 e. The van der Waals surface area contributed by atoms with Gasteiger partial charge in [-0.3, -0.25) is 4.79 Å². The fraction of sp³-hybridized carbons (Fsp3) is 0.647. The Balaban J connectivity index is 1.75. The van der Waals surface area contributed by atoms with Crippen molar-refractivity contribution in [1.82, 2.24) is 9.88 Å². The van der Waals surface area contributed by atoms with Crippen LogP contribution in [0, 0.1) is 5.92 Å². The van der Waals surface area contributed by atoms with E-state index in [4.69, 9.17) is 0 Å². The molecule has 1 amide bonds. The van der Waals surface area contributed by atoms with Gasteiger partial charge in [-0.15, -0.1) is 0 Å². The van der Waals surface area contributed by atoms with Crippen LogP contribution in [0.2, 0.25) is 0 Å². The molecule has 1 saturated carbocycles. The lowest BCUT2D eigenvalue weighted by atomic mass is 9.84. The van der Waals surface area contributed by atoms with Crippen molar-refractivity contribution in [3.8, 4) is 0 Å². The Hall–Kier alpha value is -1.79. The second kappa shape index (κ2) is 6.61. The van der Waals surface area contributed by atoms with Gasteiger partial charge in [-0.1, -0.05) is 6.42 Å². The first-order valence-corrected chi connectivity index (χ1v) is 8.41. The Kier molecular flexibility index (Phi) is 4.69. The highest BCUT2D eigenvalue weighted by atomic mass is 19.4. The molecule has 1 aliphatic heterocycles. The summed E-state index contributed by atoms with van der Waals surface area (Å²) in [5.41, 5.74) is -0.710. The van der Waals surface area contributed by atoms with Gasteiger partial charge >= 0.3 is 6.18 Å². The van der Waals surface area contributed by atoms with Crippen molar-refractivity contribution >= 4 is 11.7 Å². The van der Waals surface area contributed by atoms with E-state index in [2.05, 4.69) is 4.98 Å². The average Bonchev–Trinajstić information content (AvgIpc) is 2.52. The van der Waals surface area contributed by atoms with Crippen molar-refractivity contribution in [1.29, 1.82) is 0 Å². The van der Waals surface area contributed by atoms with Crippen LogP contribution < -0.4 is 4.90 Å². The normalized spacial score (nSPS) is 22.2. The number of pyridine rings is 1. The summed E-state index contributed by atoms with van der Waals surface area (Å²) < 4.78 is 39.6. The number of halogens is 3. The predicted molar refractivity (Wildman–Crippen MR) is 84.6 cm³/mol. The number of amides is 1. The van der Waals surface area contributed by atoms with Crippen molar-refractivity contribution in [3.05, 3.63) is 23.9 Å². The molecule has 1 atom stereocenters. The SMILES string of the molecule is CN(C(=O)C1CCC1)C1CCCN(c2ncccc2C(F)(F)F)C1. The second-order valence-electron chi connectivity index (χ2n) is 6.69. The van der Waals surface area contributed by atoms with Crippen molar-refractivity contribution in [3.63, 3.8) is 0 Å². The molecule has 1 unspecified atom stereocenters. The highest BCUT2D eigenvalue weighted by Gasteiger charge is 2.38. The Morgan fingerprint density at radius 3 is 2.67 bits per heavy atom. The molecule has 4 nitrogen and oxygen atoms in total. The van der Waals surface area contributed by atoms with E-state index in [0.29, 0.717) is 13.1 Å². The first-order valence-electron chi connectivity index (χ1n) is 8.41. The van der Waals surface area contributed by atoms with E-state index in [9.17, 15) is 18.0 Å². The minimum Gasteiger partial charge on any atom is -0.354 e. The van der Waals surface area contributed by atoms with E-state index in [0.717, 1.165) is 38.2 Å². The van der Waals surface area contributed by atoms with Crippen LogP contribution in [-0.4, -0.2) is 42.0 Å². The van der Waals surface area contributed by atoms with Gasteiger partial charge in [-0.2, -0.15) is 13.2 Å². The summed E-state index contributed by atoms with van der Waals surface area (Å²) in [7, 11) is 1.78. The molecule has 1 aromatic heterocycles. The quantitative estimate of drug-likeness (QED) is 0.846. The summed E-state index contributed by atoms with van der Waals surface area (Å²) in [4.78, 5) is 19.8. The molecular weight excluding hydrogens is 319 g/mol. The van der Waals surface area contributed by atoms with Crippen LogP contribution in [-0.2, 0) is 11.0 Å². The summed E-state index contributed by atoms with van der Waals surface area (Å²) >= 11 is 0. The summed E-state index contributed by atoms with van der Waals surface area (Å²) in [5.74, 6) is 0.204. The van der Waals surface area contributed by atoms with Gasteiger partial charge in [-0.25, -0.2) is 4.98 Å². The molecule has 24 heavy (non-hydrogen) atoms. The van der Waals surface area contributed by atoms with Crippen molar-refractivity contribution in [2.45, 2.75) is 44.3 Å². The van der Waals surface area contributed by atoms with Crippen molar-refractivity contribution < 1.29 is 18.0 Å². The van der Waals surface area contributed by atoms with E-state index < -0.39 is 11.7 Å². The molecule has 7 heteroatoms. The predicted octanol–water partition coefficient (Wildman–Crippen LogP) is 3.33. The number of piperidine rings is 1. The van der Waals surface area contributed by atoms with Gasteiger partial charge in [0, 0.05) is 38.3 Å². The molecule has 0 N–H and O–H groups in total. The number of likely N-dealkylation sites (N-methyl/N-ethyl adjacent to an activating group) is 1. The highest BCUT2D eigenvalue weighted by molar-refractivity contribution is 5.79. The highest BCUT2D eigenvalue weighted by Crippen LogP contribution is 2.36. The minimum absolute atomic E-state index is 0.0285. The first-order chi connectivity index (χ1) is 11.4. The molecule has 2 fully saturated rings. The number of hydrogen-bond acceptors (Lipinski definition) is 3. The minimum atomic E-state index is -4.43. The maximum absolute atomic E-state index is 13.2. The molecule has 1 aliphatic carbocycles. The number of aromatic nitrogens is 1. The van der Waals surface area contributed by atoms with Gasteiger partial charge in [0.15, 0.2) is 0 Å². The first kappa shape index (κ1) is 17.0. The molecule has 2 aliphatic rings. The van der Waals surface area contributed by atoms with Crippen molar-refractivity contribution in [2.24, 2.45) is 5.92 Å². The van der Waals surface area contributed by atoms with Crippen molar-refractivity contribution in [2.75, 3.05) is 25.0 Å². The van der Waals surface area contributed by atoms with Crippen LogP contribution in [0.3, 0.4) is 0 Å². The van der Waals surface area contributed by atoms with Gasteiger partial charge in [0.1, 0.15) is 5.82 Å². The van der Waals surface area contributed by atoms with Crippen LogP contribution in [0.5, 0.6) is 0 Å². The fourth-order valence-electron chi connectivity index (χ4n) is 3.46. The summed E-state index contributed by atoms with van der Waals surface area (Å²) in [5, 5.41) is 0. The molecule has 0 spiro atoms. The van der Waals surface area contributed by atoms with Crippen LogP contribution in [0.4, 0.5) is 19.0 Å². The largest absolute Gasteiger partial charge is 0.419 e. The standard InChI is InChI=1S/C17H22F3N3O/c1-22(16(24)12-5-2-6-12)13-7-4-10-23(11-13)15-14(17(18,19)20)8-3-9-21-15/h3,8-9,12-13H,2,4-7,10-11H2,1H3. The third-order valence-electron chi connectivity index (χ3n) is 5.14. The van der Waals surface area contributed by atoms with E-state index in [1.54, 1.807) is 16.8 Å². The number of carbonyl (C=O) groups excluding carboxylic acids is 1. The Bertz CT molecular complexity index is 601. The zero-order valence-electron chi connectivity index (χ0n) is 13.7.